The lowest BCUT2D eigenvalue weighted by Gasteiger charge is -2.06. The Balaban J connectivity index is 2.71. The molecule has 0 saturated carbocycles. The molecule has 0 atom stereocenters. The van der Waals surface area contributed by atoms with Gasteiger partial charge in [-0.1, -0.05) is 43.4 Å². The third-order valence-electron chi connectivity index (χ3n) is 3.07. The Morgan fingerprint density at radius 1 is 1.36 bits per heavy atom. The van der Waals surface area contributed by atoms with Crippen molar-refractivity contribution in [2.24, 2.45) is 0 Å². The molecule has 22 heavy (non-hydrogen) atoms. The van der Waals surface area contributed by atoms with Crippen LogP contribution in [0.15, 0.2) is 71.7 Å². The molecule has 3 nitrogen and oxygen atoms in total. The molecular weight excluding hydrogens is 274 g/mol. The fourth-order valence-electron chi connectivity index (χ4n) is 1.78. The molecule has 1 amide bonds. The van der Waals surface area contributed by atoms with Crippen LogP contribution in [-0.2, 0) is 9.53 Å². The van der Waals surface area contributed by atoms with E-state index in [1.807, 2.05) is 32.1 Å². The molecule has 0 aliphatic heterocycles. The van der Waals surface area contributed by atoms with Crippen LogP contribution in [-0.4, -0.2) is 12.5 Å². The second-order valence-corrected chi connectivity index (χ2v) is 5.08. The summed E-state index contributed by atoms with van der Waals surface area (Å²) in [6, 6.07) is 0. The van der Waals surface area contributed by atoms with Crippen molar-refractivity contribution >= 4 is 5.91 Å². The van der Waals surface area contributed by atoms with Gasteiger partial charge in [0.05, 0.1) is 12.4 Å². The lowest BCUT2D eigenvalue weighted by Crippen LogP contribution is -2.22. The highest BCUT2D eigenvalue weighted by atomic mass is 16.5. The van der Waals surface area contributed by atoms with Crippen molar-refractivity contribution in [2.75, 3.05) is 6.61 Å². The number of carbonyl (C=O) groups excluding carboxylic acids is 1. The van der Waals surface area contributed by atoms with Crippen molar-refractivity contribution in [3.63, 3.8) is 0 Å². The zero-order valence-corrected chi connectivity index (χ0v) is 13.7. The van der Waals surface area contributed by atoms with Crippen LogP contribution in [0.25, 0.3) is 0 Å². The highest BCUT2D eigenvalue weighted by Gasteiger charge is 2.07. The molecule has 0 heterocycles. The highest BCUT2D eigenvalue weighted by molar-refractivity contribution is 5.97. The van der Waals surface area contributed by atoms with Gasteiger partial charge in [-0.3, -0.25) is 4.79 Å². The van der Waals surface area contributed by atoms with E-state index in [1.165, 1.54) is 5.57 Å². The predicted molar refractivity (Wildman–Crippen MR) is 92.0 cm³/mol. The molecule has 0 aromatic heterocycles. The molecule has 1 aliphatic carbocycles. The molecule has 0 aromatic rings. The Morgan fingerprint density at radius 2 is 2.14 bits per heavy atom. The van der Waals surface area contributed by atoms with E-state index in [9.17, 15) is 4.79 Å². The number of allylic oxidation sites excluding steroid dienone is 8. The Kier molecular flexibility index (Phi) is 7.76. The van der Waals surface area contributed by atoms with Crippen LogP contribution in [0, 0.1) is 0 Å². The van der Waals surface area contributed by atoms with Gasteiger partial charge in [-0.15, -0.1) is 0 Å². The van der Waals surface area contributed by atoms with Crippen molar-refractivity contribution in [2.45, 2.75) is 33.6 Å². The van der Waals surface area contributed by atoms with E-state index < -0.39 is 0 Å². The quantitative estimate of drug-likeness (QED) is 0.431. The van der Waals surface area contributed by atoms with Crippen LogP contribution in [0.1, 0.15) is 33.6 Å². The number of hydrogen-bond acceptors (Lipinski definition) is 2. The molecule has 118 valence electrons. The third-order valence-corrected chi connectivity index (χ3v) is 3.07. The minimum atomic E-state index is -0.176. The fourth-order valence-corrected chi connectivity index (χ4v) is 1.78. The molecule has 0 unspecified atom stereocenters. The summed E-state index contributed by atoms with van der Waals surface area (Å²) in [7, 11) is 0. The van der Waals surface area contributed by atoms with Gasteiger partial charge in [-0.2, -0.15) is 0 Å². The van der Waals surface area contributed by atoms with Gasteiger partial charge in [0.25, 0.3) is 5.91 Å². The smallest absolute Gasteiger partial charge is 0.255 e. The van der Waals surface area contributed by atoms with Gasteiger partial charge >= 0.3 is 0 Å². The Bertz CT molecular complexity index is 560. The van der Waals surface area contributed by atoms with Crippen molar-refractivity contribution < 1.29 is 9.53 Å². The molecule has 3 heteroatoms. The van der Waals surface area contributed by atoms with Crippen molar-refractivity contribution in [3.8, 4) is 0 Å². The van der Waals surface area contributed by atoms with Crippen LogP contribution in [0.3, 0.4) is 0 Å². The first-order chi connectivity index (χ1) is 10.6. The largest absolute Gasteiger partial charge is 0.498 e. The maximum Gasteiger partial charge on any atom is 0.255 e. The molecule has 0 radical (unpaired) electrons. The molecule has 0 bridgehead atoms. The molecule has 0 saturated heterocycles. The Labute approximate surface area is 133 Å². The first kappa shape index (κ1) is 17.8. The zero-order valence-electron chi connectivity index (χ0n) is 13.7. The lowest BCUT2D eigenvalue weighted by molar-refractivity contribution is -0.116. The Morgan fingerprint density at radius 3 is 2.82 bits per heavy atom. The van der Waals surface area contributed by atoms with Crippen molar-refractivity contribution in [1.29, 1.82) is 0 Å². The number of rotatable bonds is 7. The fraction of sp³-hybridized carbons (Fsp3) is 0.316. The summed E-state index contributed by atoms with van der Waals surface area (Å²) in [4.78, 5) is 12.3. The van der Waals surface area contributed by atoms with Gasteiger partial charge in [0.15, 0.2) is 0 Å². The van der Waals surface area contributed by atoms with E-state index in [0.717, 1.165) is 24.3 Å². The van der Waals surface area contributed by atoms with Crippen molar-refractivity contribution in [3.05, 3.63) is 71.7 Å². The van der Waals surface area contributed by atoms with Gasteiger partial charge in [0.2, 0.25) is 0 Å². The second kappa shape index (κ2) is 9.61. The third kappa shape index (κ3) is 6.44. The minimum absolute atomic E-state index is 0.176. The molecule has 1 rings (SSSR count). The van der Waals surface area contributed by atoms with Crippen LogP contribution < -0.4 is 5.32 Å². The predicted octanol–water partition coefficient (Wildman–Crippen LogP) is 4.34. The molecule has 0 fully saturated rings. The van der Waals surface area contributed by atoms with Gasteiger partial charge in [0, 0.05) is 11.3 Å². The maximum atomic E-state index is 12.3. The minimum Gasteiger partial charge on any atom is -0.498 e. The molecule has 0 aromatic carbocycles. The van der Waals surface area contributed by atoms with E-state index in [0.29, 0.717) is 12.2 Å². The first-order valence-corrected chi connectivity index (χ1v) is 7.57. The number of hydrogen-bond donors (Lipinski definition) is 1. The Hall–Kier alpha value is -2.29. The van der Waals surface area contributed by atoms with Crippen molar-refractivity contribution in [1.82, 2.24) is 5.32 Å². The molecule has 1 aliphatic rings. The van der Waals surface area contributed by atoms with E-state index in [1.54, 1.807) is 18.2 Å². The number of nitrogens with one attached hydrogen (secondary N) is 1. The van der Waals surface area contributed by atoms with E-state index >= 15 is 0 Å². The number of amides is 1. The molecule has 0 spiro atoms. The summed E-state index contributed by atoms with van der Waals surface area (Å²) in [5, 5.41) is 2.89. The number of carbonyl (C=O) groups is 1. The van der Waals surface area contributed by atoms with Gasteiger partial charge < -0.3 is 10.1 Å². The first-order valence-electron chi connectivity index (χ1n) is 7.57. The summed E-state index contributed by atoms with van der Waals surface area (Å²) in [5.41, 5.74) is 2.49. The van der Waals surface area contributed by atoms with Crippen LogP contribution in [0.4, 0.5) is 0 Å². The average Bonchev–Trinajstić information content (AvgIpc) is 2.70. The SMILES string of the molecule is C=C/C(=C\C=C(/C)OCCC)C(=O)NC1=CCC=C(C)C=C1. The van der Waals surface area contributed by atoms with Gasteiger partial charge in [-0.25, -0.2) is 0 Å². The van der Waals surface area contributed by atoms with Gasteiger partial charge in [0.1, 0.15) is 0 Å². The van der Waals surface area contributed by atoms with E-state index in [4.69, 9.17) is 4.74 Å². The maximum absolute atomic E-state index is 12.3. The van der Waals surface area contributed by atoms with Gasteiger partial charge in [-0.05, 0) is 44.9 Å². The summed E-state index contributed by atoms with van der Waals surface area (Å²) in [6.45, 7) is 10.3. The summed E-state index contributed by atoms with van der Waals surface area (Å²) < 4.78 is 5.47. The highest BCUT2D eigenvalue weighted by Crippen LogP contribution is 2.09. The monoisotopic (exact) mass is 299 g/mol. The van der Waals surface area contributed by atoms with E-state index in [-0.39, 0.29) is 5.91 Å². The van der Waals surface area contributed by atoms with E-state index in [2.05, 4.69) is 24.9 Å². The van der Waals surface area contributed by atoms with Crippen LogP contribution in [0.2, 0.25) is 0 Å². The second-order valence-electron chi connectivity index (χ2n) is 5.08. The summed E-state index contributed by atoms with van der Waals surface area (Å²) >= 11 is 0. The zero-order chi connectivity index (χ0) is 16.4. The van der Waals surface area contributed by atoms with Crippen LogP contribution >= 0.6 is 0 Å². The normalized spacial score (nSPS) is 15.6. The van der Waals surface area contributed by atoms with Crippen LogP contribution in [0.5, 0.6) is 0 Å². The molecule has 1 N–H and O–H groups in total. The lowest BCUT2D eigenvalue weighted by atomic mass is 10.2. The topological polar surface area (TPSA) is 38.3 Å². The molecular formula is C19H25NO2. The summed E-state index contributed by atoms with van der Waals surface area (Å²) in [5.74, 6) is 0.604. The number of ether oxygens (including phenoxy) is 1. The standard InChI is InChI=1S/C19H25NO2/c1-5-14-22-16(4)11-12-17(6-2)19(21)20-18-9-7-8-15(3)10-13-18/h6,8-13H,2,5,7,14H2,1,3-4H3,(H,20,21)/b16-11+,17-12+. The summed E-state index contributed by atoms with van der Waals surface area (Å²) in [6.07, 6.45) is 14.8. The average molecular weight is 299 g/mol.